The van der Waals surface area contributed by atoms with Gasteiger partial charge in [-0.2, -0.15) is 0 Å². The summed E-state index contributed by atoms with van der Waals surface area (Å²) in [4.78, 5) is 18.9. The number of aliphatic hydroxyl groups is 1. The molecule has 1 N–H and O–H groups in total. The van der Waals surface area contributed by atoms with Crippen LogP contribution in [0.1, 0.15) is 0 Å². The standard InChI is InChI=1S/C15H18BrN3O3/c16-11-1-2-14-13(7-11)15(21)19(10-17-14)9-12(20)8-18-3-5-22-6-4-18/h1-2,7,10,12,20H,3-6,8-9H2/t12-/m0/s1. The number of fused-ring (bicyclic) bond motifs is 1. The highest BCUT2D eigenvalue weighted by molar-refractivity contribution is 9.10. The Balaban J connectivity index is 1.75. The van der Waals surface area contributed by atoms with Crippen molar-refractivity contribution < 1.29 is 9.84 Å². The van der Waals surface area contributed by atoms with E-state index >= 15 is 0 Å². The third kappa shape index (κ3) is 3.55. The van der Waals surface area contributed by atoms with Crippen molar-refractivity contribution >= 4 is 26.8 Å². The van der Waals surface area contributed by atoms with Crippen molar-refractivity contribution in [2.24, 2.45) is 0 Å². The summed E-state index contributed by atoms with van der Waals surface area (Å²) in [6.07, 6.45) is 0.892. The first-order valence-corrected chi connectivity index (χ1v) is 8.05. The van der Waals surface area contributed by atoms with Crippen LogP contribution in [0.15, 0.2) is 33.8 Å². The second-order valence-electron chi connectivity index (χ2n) is 5.43. The van der Waals surface area contributed by atoms with Crippen molar-refractivity contribution in [2.75, 3.05) is 32.8 Å². The largest absolute Gasteiger partial charge is 0.390 e. The average molecular weight is 368 g/mol. The van der Waals surface area contributed by atoms with E-state index in [-0.39, 0.29) is 12.1 Å². The van der Waals surface area contributed by atoms with Gasteiger partial charge >= 0.3 is 0 Å². The number of halogens is 1. The normalized spacial score (nSPS) is 17.7. The van der Waals surface area contributed by atoms with Gasteiger partial charge in [-0.05, 0) is 18.2 Å². The van der Waals surface area contributed by atoms with Crippen molar-refractivity contribution in [2.45, 2.75) is 12.6 Å². The molecular weight excluding hydrogens is 350 g/mol. The van der Waals surface area contributed by atoms with Gasteiger partial charge in [0, 0.05) is 24.1 Å². The monoisotopic (exact) mass is 367 g/mol. The lowest BCUT2D eigenvalue weighted by Crippen LogP contribution is -2.42. The third-order valence-electron chi connectivity index (χ3n) is 3.77. The van der Waals surface area contributed by atoms with Gasteiger partial charge in [0.25, 0.3) is 5.56 Å². The van der Waals surface area contributed by atoms with Gasteiger partial charge in [0.2, 0.25) is 0 Å². The van der Waals surface area contributed by atoms with Gasteiger partial charge in [-0.25, -0.2) is 4.98 Å². The van der Waals surface area contributed by atoms with Crippen LogP contribution in [0.25, 0.3) is 10.9 Å². The summed E-state index contributed by atoms with van der Waals surface area (Å²) >= 11 is 3.36. The van der Waals surface area contributed by atoms with Crippen LogP contribution in [0.5, 0.6) is 0 Å². The molecule has 0 radical (unpaired) electrons. The summed E-state index contributed by atoms with van der Waals surface area (Å²) in [5.41, 5.74) is 0.527. The Bertz CT molecular complexity index is 713. The van der Waals surface area contributed by atoms with Crippen molar-refractivity contribution in [3.8, 4) is 0 Å². The molecule has 3 rings (SSSR count). The SMILES string of the molecule is O=c1c2cc(Br)ccc2ncn1C[C@@H](O)CN1CCOCC1. The molecule has 0 amide bonds. The molecule has 1 atom stereocenters. The highest BCUT2D eigenvalue weighted by atomic mass is 79.9. The first-order valence-electron chi connectivity index (χ1n) is 7.26. The molecule has 1 aliphatic rings. The van der Waals surface area contributed by atoms with Gasteiger partial charge < -0.3 is 9.84 Å². The topological polar surface area (TPSA) is 67.6 Å². The van der Waals surface area contributed by atoms with Gasteiger partial charge in [0.15, 0.2) is 0 Å². The van der Waals surface area contributed by atoms with E-state index in [9.17, 15) is 9.90 Å². The number of ether oxygens (including phenoxy) is 1. The quantitative estimate of drug-likeness (QED) is 0.867. The molecule has 6 nitrogen and oxygen atoms in total. The summed E-state index contributed by atoms with van der Waals surface area (Å²) in [7, 11) is 0. The minimum atomic E-state index is -0.609. The molecule has 0 saturated carbocycles. The molecule has 22 heavy (non-hydrogen) atoms. The zero-order valence-electron chi connectivity index (χ0n) is 12.1. The maximum Gasteiger partial charge on any atom is 0.261 e. The summed E-state index contributed by atoms with van der Waals surface area (Å²) in [6, 6.07) is 5.41. The Morgan fingerprint density at radius 2 is 2.09 bits per heavy atom. The van der Waals surface area contributed by atoms with E-state index in [1.54, 1.807) is 12.1 Å². The van der Waals surface area contributed by atoms with Gasteiger partial charge in [-0.15, -0.1) is 0 Å². The molecule has 0 unspecified atom stereocenters. The van der Waals surface area contributed by atoms with Crippen LogP contribution in [-0.2, 0) is 11.3 Å². The second-order valence-corrected chi connectivity index (χ2v) is 6.35. The lowest BCUT2D eigenvalue weighted by atomic mass is 10.2. The molecule has 1 aromatic heterocycles. The van der Waals surface area contributed by atoms with Gasteiger partial charge in [0.1, 0.15) is 0 Å². The summed E-state index contributed by atoms with van der Waals surface area (Å²) in [5.74, 6) is 0. The van der Waals surface area contributed by atoms with Crippen LogP contribution in [0.4, 0.5) is 0 Å². The average Bonchev–Trinajstić information content (AvgIpc) is 2.51. The molecule has 0 aliphatic carbocycles. The molecule has 0 bridgehead atoms. The lowest BCUT2D eigenvalue weighted by Gasteiger charge is -2.28. The molecule has 7 heteroatoms. The summed E-state index contributed by atoms with van der Waals surface area (Å²) < 4.78 is 7.60. The van der Waals surface area contributed by atoms with E-state index < -0.39 is 6.10 Å². The Morgan fingerprint density at radius 1 is 1.32 bits per heavy atom. The van der Waals surface area contributed by atoms with Gasteiger partial charge in [-0.1, -0.05) is 15.9 Å². The van der Waals surface area contributed by atoms with Crippen LogP contribution >= 0.6 is 15.9 Å². The molecular formula is C15H18BrN3O3. The number of hydrogen-bond donors (Lipinski definition) is 1. The Labute approximate surface area is 136 Å². The van der Waals surface area contributed by atoms with E-state index in [4.69, 9.17) is 4.74 Å². The smallest absolute Gasteiger partial charge is 0.261 e. The molecule has 118 valence electrons. The number of benzene rings is 1. The van der Waals surface area contributed by atoms with E-state index in [1.165, 1.54) is 10.9 Å². The van der Waals surface area contributed by atoms with E-state index in [2.05, 4.69) is 25.8 Å². The second kappa shape index (κ2) is 6.87. The third-order valence-corrected chi connectivity index (χ3v) is 4.26. The Hall–Kier alpha value is -1.28. The highest BCUT2D eigenvalue weighted by Gasteiger charge is 2.16. The van der Waals surface area contributed by atoms with Crippen LogP contribution in [0, 0.1) is 0 Å². The molecule has 2 heterocycles. The van der Waals surface area contributed by atoms with E-state index in [0.29, 0.717) is 30.7 Å². The minimum absolute atomic E-state index is 0.132. The van der Waals surface area contributed by atoms with Crippen LogP contribution in [0.3, 0.4) is 0 Å². The fourth-order valence-electron chi connectivity index (χ4n) is 2.63. The van der Waals surface area contributed by atoms with Crippen LogP contribution < -0.4 is 5.56 Å². The van der Waals surface area contributed by atoms with Gasteiger partial charge in [0.05, 0.1) is 43.1 Å². The van der Waals surface area contributed by atoms with Crippen molar-refractivity contribution in [3.63, 3.8) is 0 Å². The fourth-order valence-corrected chi connectivity index (χ4v) is 2.99. The number of morpholine rings is 1. The summed E-state index contributed by atoms with van der Waals surface area (Å²) in [6.45, 7) is 3.79. The fraction of sp³-hybridized carbons (Fsp3) is 0.467. The maximum absolute atomic E-state index is 12.5. The minimum Gasteiger partial charge on any atom is -0.390 e. The number of rotatable bonds is 4. The molecule has 1 aromatic carbocycles. The molecule has 0 spiro atoms. The van der Waals surface area contributed by atoms with Crippen LogP contribution in [-0.4, -0.2) is 58.5 Å². The first kappa shape index (κ1) is 15.6. The first-order chi connectivity index (χ1) is 10.6. The predicted octanol–water partition coefficient (Wildman–Crippen LogP) is 0.852. The highest BCUT2D eigenvalue weighted by Crippen LogP contribution is 2.14. The number of β-amino-alcohol motifs (C(OH)–C–C–N with tert-alkyl or cyclic N) is 1. The van der Waals surface area contributed by atoms with Crippen LogP contribution in [0.2, 0.25) is 0 Å². The summed E-state index contributed by atoms with van der Waals surface area (Å²) in [5, 5.41) is 10.8. The molecule has 1 fully saturated rings. The maximum atomic E-state index is 12.5. The van der Waals surface area contributed by atoms with E-state index in [1.807, 2.05) is 6.07 Å². The zero-order valence-corrected chi connectivity index (χ0v) is 13.7. The molecule has 1 aliphatic heterocycles. The Morgan fingerprint density at radius 3 is 2.86 bits per heavy atom. The number of aliphatic hydroxyl groups excluding tert-OH is 1. The molecule has 1 saturated heterocycles. The number of nitrogens with zero attached hydrogens (tertiary/aromatic N) is 3. The Kier molecular flexibility index (Phi) is 4.87. The van der Waals surface area contributed by atoms with E-state index in [0.717, 1.165) is 17.6 Å². The van der Waals surface area contributed by atoms with Gasteiger partial charge in [-0.3, -0.25) is 14.3 Å². The zero-order chi connectivity index (χ0) is 15.5. The predicted molar refractivity (Wildman–Crippen MR) is 87.0 cm³/mol. The number of hydrogen-bond acceptors (Lipinski definition) is 5. The van der Waals surface area contributed by atoms with Crippen molar-refractivity contribution in [1.82, 2.24) is 14.5 Å². The van der Waals surface area contributed by atoms with Crippen molar-refractivity contribution in [1.29, 1.82) is 0 Å². The lowest BCUT2D eigenvalue weighted by molar-refractivity contribution is 0.0113. The molecule has 2 aromatic rings. The van der Waals surface area contributed by atoms with Crippen molar-refractivity contribution in [3.05, 3.63) is 39.4 Å². The number of aromatic nitrogens is 2.